The van der Waals surface area contributed by atoms with Crippen molar-refractivity contribution in [3.8, 4) is 0 Å². The van der Waals surface area contributed by atoms with Crippen LogP contribution in [0.2, 0.25) is 0 Å². The number of nitrogens with one attached hydrogen (secondary N) is 1. The molecule has 0 saturated heterocycles. The number of carbonyl (C=O) groups is 2. The lowest BCUT2D eigenvalue weighted by Crippen LogP contribution is -2.39. The molecule has 0 radical (unpaired) electrons. The highest BCUT2D eigenvalue weighted by Crippen LogP contribution is 2.09. The van der Waals surface area contributed by atoms with Crippen LogP contribution in [0.25, 0.3) is 0 Å². The number of rotatable bonds is 5. The van der Waals surface area contributed by atoms with Crippen LogP contribution in [0, 0.1) is 11.7 Å². The van der Waals surface area contributed by atoms with Gasteiger partial charge in [0.05, 0.1) is 6.54 Å². The average molecular weight is 304 g/mol. The van der Waals surface area contributed by atoms with Gasteiger partial charge in [-0.3, -0.25) is 9.59 Å². The lowest BCUT2D eigenvalue weighted by molar-refractivity contribution is -0.136. The minimum Gasteiger partial charge on any atom is -0.336 e. The summed E-state index contributed by atoms with van der Waals surface area (Å²) < 4.78 is 12.9. The number of nitrogens with two attached hydrogens (primary N) is 1. The van der Waals surface area contributed by atoms with Gasteiger partial charge in [-0.2, -0.15) is 0 Å². The normalized spacial score (nSPS) is 11.2. The maximum atomic E-state index is 12.9. The molecule has 0 aliphatic rings. The number of hydrogen-bond acceptors (Lipinski definition) is 3. The van der Waals surface area contributed by atoms with Crippen molar-refractivity contribution >= 4 is 29.9 Å². The van der Waals surface area contributed by atoms with E-state index in [9.17, 15) is 14.0 Å². The van der Waals surface area contributed by atoms with Crippen LogP contribution in [0.3, 0.4) is 0 Å². The average Bonchev–Trinajstić information content (AvgIpc) is 2.36. The molecule has 1 unspecified atom stereocenters. The fourth-order valence-corrected chi connectivity index (χ4v) is 1.54. The van der Waals surface area contributed by atoms with Gasteiger partial charge in [0.2, 0.25) is 11.8 Å². The molecule has 1 atom stereocenters. The first-order chi connectivity index (χ1) is 8.93. The van der Waals surface area contributed by atoms with Crippen LogP contribution in [0.15, 0.2) is 24.3 Å². The summed E-state index contributed by atoms with van der Waals surface area (Å²) in [5.74, 6) is -1.34. The Morgan fingerprint density at radius 1 is 1.45 bits per heavy atom. The summed E-state index contributed by atoms with van der Waals surface area (Å²) in [6, 6.07) is 5.57. The van der Waals surface area contributed by atoms with Crippen molar-refractivity contribution in [2.75, 3.05) is 25.5 Å². The van der Waals surface area contributed by atoms with E-state index in [1.54, 1.807) is 13.0 Å². The van der Waals surface area contributed by atoms with Gasteiger partial charge in [-0.15, -0.1) is 12.4 Å². The number of anilines is 1. The highest BCUT2D eigenvalue weighted by molar-refractivity contribution is 5.94. The zero-order valence-electron chi connectivity index (χ0n) is 11.4. The Kier molecular flexibility index (Phi) is 7.79. The lowest BCUT2D eigenvalue weighted by Gasteiger charge is -2.20. The molecule has 20 heavy (non-hydrogen) atoms. The maximum absolute atomic E-state index is 12.9. The van der Waals surface area contributed by atoms with E-state index in [4.69, 9.17) is 5.73 Å². The lowest BCUT2D eigenvalue weighted by atomic mass is 10.1. The topological polar surface area (TPSA) is 75.4 Å². The molecule has 0 fully saturated rings. The van der Waals surface area contributed by atoms with Crippen molar-refractivity contribution < 1.29 is 14.0 Å². The Morgan fingerprint density at radius 3 is 2.65 bits per heavy atom. The molecule has 112 valence electrons. The zero-order chi connectivity index (χ0) is 14.4. The first kappa shape index (κ1) is 18.3. The Labute approximate surface area is 123 Å². The Bertz CT molecular complexity index is 471. The second-order valence-corrected chi connectivity index (χ2v) is 4.39. The summed E-state index contributed by atoms with van der Waals surface area (Å²) in [7, 11) is 1.53. The van der Waals surface area contributed by atoms with Gasteiger partial charge in [-0.05, 0) is 18.2 Å². The van der Waals surface area contributed by atoms with Crippen molar-refractivity contribution in [3.05, 3.63) is 30.1 Å². The highest BCUT2D eigenvalue weighted by atomic mass is 35.5. The van der Waals surface area contributed by atoms with Gasteiger partial charge >= 0.3 is 0 Å². The van der Waals surface area contributed by atoms with Crippen LogP contribution in [-0.4, -0.2) is 36.9 Å². The van der Waals surface area contributed by atoms with Gasteiger partial charge in [-0.25, -0.2) is 4.39 Å². The predicted octanol–water partition coefficient (Wildman–Crippen LogP) is 1.24. The number of halogens is 2. The summed E-state index contributed by atoms with van der Waals surface area (Å²) >= 11 is 0. The maximum Gasteiger partial charge on any atom is 0.243 e. The summed E-state index contributed by atoms with van der Waals surface area (Å²) in [6.45, 7) is 1.83. The molecule has 0 aromatic heterocycles. The summed E-state index contributed by atoms with van der Waals surface area (Å²) in [6.07, 6.45) is 0. The van der Waals surface area contributed by atoms with Gasteiger partial charge < -0.3 is 16.0 Å². The number of carbonyl (C=O) groups excluding carboxylic acids is 2. The zero-order valence-corrected chi connectivity index (χ0v) is 12.2. The van der Waals surface area contributed by atoms with Crippen LogP contribution in [0.4, 0.5) is 10.1 Å². The first-order valence-corrected chi connectivity index (χ1v) is 5.94. The van der Waals surface area contributed by atoms with E-state index in [2.05, 4.69) is 5.32 Å². The molecule has 0 spiro atoms. The minimum atomic E-state index is -0.431. The van der Waals surface area contributed by atoms with Gasteiger partial charge in [0, 0.05) is 25.2 Å². The molecule has 3 N–H and O–H groups in total. The molecule has 0 heterocycles. The fraction of sp³-hybridized carbons (Fsp3) is 0.385. The number of likely N-dealkylation sites (N-methyl/N-ethyl adjacent to an activating group) is 1. The summed E-state index contributed by atoms with van der Waals surface area (Å²) in [5, 5.41) is 2.52. The van der Waals surface area contributed by atoms with Gasteiger partial charge in [0.25, 0.3) is 0 Å². The number of hydrogen-bond donors (Lipinski definition) is 2. The van der Waals surface area contributed by atoms with Gasteiger partial charge in [-0.1, -0.05) is 13.0 Å². The number of benzene rings is 1. The minimum absolute atomic E-state index is 0. The van der Waals surface area contributed by atoms with E-state index in [-0.39, 0.29) is 43.2 Å². The monoisotopic (exact) mass is 303 g/mol. The SMILES string of the molecule is CC(CN)C(=O)N(C)CC(=O)Nc1cccc(F)c1.Cl. The molecule has 0 bridgehead atoms. The van der Waals surface area contributed by atoms with Gasteiger partial charge in [0.1, 0.15) is 5.82 Å². The highest BCUT2D eigenvalue weighted by Gasteiger charge is 2.18. The Balaban J connectivity index is 0.00000361. The Hall–Kier alpha value is -1.66. The molecule has 0 saturated carbocycles. The molecular weight excluding hydrogens is 285 g/mol. The van der Waals surface area contributed by atoms with Crippen LogP contribution in [0.5, 0.6) is 0 Å². The molecule has 0 aliphatic carbocycles. The third kappa shape index (κ3) is 5.54. The second kappa shape index (κ2) is 8.50. The van der Waals surface area contributed by atoms with Crippen LogP contribution in [-0.2, 0) is 9.59 Å². The molecule has 2 amide bonds. The quantitative estimate of drug-likeness (QED) is 0.859. The summed E-state index contributed by atoms with van der Waals surface area (Å²) in [5.41, 5.74) is 5.75. The van der Waals surface area contributed by atoms with Crippen LogP contribution in [0.1, 0.15) is 6.92 Å². The number of nitrogens with zero attached hydrogens (tertiary/aromatic N) is 1. The van der Waals surface area contributed by atoms with E-state index in [0.29, 0.717) is 5.69 Å². The van der Waals surface area contributed by atoms with E-state index in [0.717, 1.165) is 0 Å². The van der Waals surface area contributed by atoms with Crippen molar-refractivity contribution in [2.45, 2.75) is 6.92 Å². The molecule has 1 aromatic rings. The van der Waals surface area contributed by atoms with Crippen molar-refractivity contribution in [1.82, 2.24) is 4.90 Å². The molecule has 0 aliphatic heterocycles. The van der Waals surface area contributed by atoms with E-state index < -0.39 is 5.82 Å². The van der Waals surface area contributed by atoms with Crippen molar-refractivity contribution in [1.29, 1.82) is 0 Å². The molecule has 7 heteroatoms. The predicted molar refractivity (Wildman–Crippen MR) is 78.1 cm³/mol. The van der Waals surface area contributed by atoms with Gasteiger partial charge in [0.15, 0.2) is 0 Å². The number of amides is 2. The van der Waals surface area contributed by atoms with E-state index >= 15 is 0 Å². The largest absolute Gasteiger partial charge is 0.336 e. The molecule has 1 rings (SSSR count). The third-order valence-electron chi connectivity index (χ3n) is 2.64. The van der Waals surface area contributed by atoms with Crippen LogP contribution >= 0.6 is 12.4 Å². The van der Waals surface area contributed by atoms with Crippen LogP contribution < -0.4 is 11.1 Å². The second-order valence-electron chi connectivity index (χ2n) is 4.39. The molecular formula is C13H19ClFN3O2. The molecule has 1 aromatic carbocycles. The van der Waals surface area contributed by atoms with Crippen molar-refractivity contribution in [3.63, 3.8) is 0 Å². The summed E-state index contributed by atoms with van der Waals surface area (Å²) in [4.78, 5) is 24.7. The fourth-order valence-electron chi connectivity index (χ4n) is 1.54. The standard InChI is InChI=1S/C13H18FN3O2.ClH/c1-9(7-15)13(19)17(2)8-12(18)16-11-5-3-4-10(14)6-11;/h3-6,9H,7-8,15H2,1-2H3,(H,16,18);1H. The third-order valence-corrected chi connectivity index (χ3v) is 2.64. The van der Waals surface area contributed by atoms with E-state index in [1.807, 2.05) is 0 Å². The molecule has 5 nitrogen and oxygen atoms in total. The van der Waals surface area contributed by atoms with Crippen molar-refractivity contribution in [2.24, 2.45) is 11.7 Å². The Morgan fingerprint density at radius 2 is 2.10 bits per heavy atom. The smallest absolute Gasteiger partial charge is 0.243 e. The van der Waals surface area contributed by atoms with E-state index in [1.165, 1.54) is 30.1 Å². The first-order valence-electron chi connectivity index (χ1n) is 5.94.